The molecule has 31 heavy (non-hydrogen) atoms. The molecule has 0 atom stereocenters. The maximum atomic E-state index is 12.8. The third-order valence-corrected chi connectivity index (χ3v) is 6.25. The van der Waals surface area contributed by atoms with Gasteiger partial charge in [-0.15, -0.1) is 0 Å². The number of carbonyl (C=O) groups is 2. The van der Waals surface area contributed by atoms with Crippen molar-refractivity contribution in [2.45, 2.75) is 6.61 Å². The van der Waals surface area contributed by atoms with E-state index in [1.165, 1.54) is 0 Å². The molecular weight excluding hydrogens is 477 g/mol. The van der Waals surface area contributed by atoms with Gasteiger partial charge in [-0.25, -0.2) is 4.90 Å². The van der Waals surface area contributed by atoms with Crippen LogP contribution in [0.25, 0.3) is 6.08 Å². The summed E-state index contributed by atoms with van der Waals surface area (Å²) in [5.74, 6) is 0.244. The van der Waals surface area contributed by atoms with E-state index in [4.69, 9.17) is 39.5 Å². The highest BCUT2D eigenvalue weighted by Crippen LogP contribution is 2.38. The standard InChI is InChI=1S/C23H14Cl3NO3S/c24-16-8-7-15(19(26)12-16)13-30-17-9-5-14(6-10-17)11-21-22(28)27(23(29)31-21)20-4-2-1-3-18(20)25/h1-12H,13H2/b21-11-. The summed E-state index contributed by atoms with van der Waals surface area (Å²) in [6.07, 6.45) is 1.67. The summed E-state index contributed by atoms with van der Waals surface area (Å²) in [4.78, 5) is 26.6. The lowest BCUT2D eigenvalue weighted by Crippen LogP contribution is -2.27. The zero-order valence-corrected chi connectivity index (χ0v) is 18.9. The number of amides is 2. The molecule has 0 spiro atoms. The lowest BCUT2D eigenvalue weighted by molar-refractivity contribution is -0.113. The van der Waals surface area contributed by atoms with Crippen LogP contribution in [0.15, 0.2) is 71.6 Å². The number of imide groups is 1. The van der Waals surface area contributed by atoms with Crippen LogP contribution in [0.5, 0.6) is 5.75 Å². The molecule has 0 unspecified atom stereocenters. The number of rotatable bonds is 5. The molecule has 0 radical (unpaired) electrons. The van der Waals surface area contributed by atoms with Crippen molar-refractivity contribution >= 4 is 69.5 Å². The fourth-order valence-electron chi connectivity index (χ4n) is 2.92. The van der Waals surface area contributed by atoms with E-state index in [0.29, 0.717) is 38.0 Å². The highest BCUT2D eigenvalue weighted by atomic mass is 35.5. The van der Waals surface area contributed by atoms with E-state index in [-0.39, 0.29) is 5.24 Å². The van der Waals surface area contributed by atoms with Crippen molar-refractivity contribution in [2.75, 3.05) is 4.90 Å². The first-order valence-electron chi connectivity index (χ1n) is 9.11. The van der Waals surface area contributed by atoms with E-state index < -0.39 is 5.91 Å². The number of hydrogen-bond acceptors (Lipinski definition) is 4. The molecule has 3 aromatic rings. The topological polar surface area (TPSA) is 46.6 Å². The van der Waals surface area contributed by atoms with Crippen molar-refractivity contribution in [1.82, 2.24) is 0 Å². The van der Waals surface area contributed by atoms with Crippen LogP contribution in [0, 0.1) is 0 Å². The fraction of sp³-hybridized carbons (Fsp3) is 0.0435. The second-order valence-electron chi connectivity index (χ2n) is 6.56. The smallest absolute Gasteiger partial charge is 0.298 e. The minimum absolute atomic E-state index is 0.298. The molecule has 0 aromatic heterocycles. The van der Waals surface area contributed by atoms with Gasteiger partial charge in [0.25, 0.3) is 11.1 Å². The third kappa shape index (κ3) is 4.91. The monoisotopic (exact) mass is 489 g/mol. The Labute approximate surface area is 198 Å². The van der Waals surface area contributed by atoms with Gasteiger partial charge < -0.3 is 4.74 Å². The summed E-state index contributed by atoms with van der Waals surface area (Å²) in [7, 11) is 0. The molecule has 0 bridgehead atoms. The molecule has 0 aliphatic carbocycles. The van der Waals surface area contributed by atoms with E-state index in [9.17, 15) is 9.59 Å². The Morgan fingerprint density at radius 3 is 2.35 bits per heavy atom. The third-order valence-electron chi connectivity index (χ3n) is 4.47. The first-order chi connectivity index (χ1) is 14.9. The summed E-state index contributed by atoms with van der Waals surface area (Å²) >= 11 is 19.1. The molecule has 3 aromatic carbocycles. The van der Waals surface area contributed by atoms with Crippen molar-refractivity contribution in [3.8, 4) is 5.75 Å². The molecule has 0 saturated carbocycles. The average molecular weight is 491 g/mol. The molecule has 8 heteroatoms. The van der Waals surface area contributed by atoms with Gasteiger partial charge in [-0.2, -0.15) is 0 Å². The maximum Gasteiger partial charge on any atom is 0.298 e. The largest absolute Gasteiger partial charge is 0.489 e. The highest BCUT2D eigenvalue weighted by Gasteiger charge is 2.37. The Hall–Kier alpha value is -2.44. The number of anilines is 1. The molecule has 1 aliphatic heterocycles. The number of ether oxygens (including phenoxy) is 1. The van der Waals surface area contributed by atoms with Crippen molar-refractivity contribution in [2.24, 2.45) is 0 Å². The van der Waals surface area contributed by atoms with E-state index in [0.717, 1.165) is 27.8 Å². The molecule has 1 saturated heterocycles. The SMILES string of the molecule is O=C1S/C(=C\c2ccc(OCc3ccc(Cl)cc3Cl)cc2)C(=O)N1c1ccccc1Cl. The van der Waals surface area contributed by atoms with Gasteiger partial charge in [0.15, 0.2) is 0 Å². The molecule has 4 rings (SSSR count). The van der Waals surface area contributed by atoms with Gasteiger partial charge in [0.1, 0.15) is 12.4 Å². The van der Waals surface area contributed by atoms with Crippen LogP contribution >= 0.6 is 46.6 Å². The van der Waals surface area contributed by atoms with Gasteiger partial charge in [-0.3, -0.25) is 9.59 Å². The molecule has 4 nitrogen and oxygen atoms in total. The maximum absolute atomic E-state index is 12.8. The van der Waals surface area contributed by atoms with Gasteiger partial charge >= 0.3 is 0 Å². The Morgan fingerprint density at radius 1 is 0.903 bits per heavy atom. The average Bonchev–Trinajstić information content (AvgIpc) is 3.02. The summed E-state index contributed by atoms with van der Waals surface area (Å²) in [5, 5.41) is 1.06. The predicted octanol–water partition coefficient (Wildman–Crippen LogP) is 7.47. The lowest BCUT2D eigenvalue weighted by Gasteiger charge is -2.13. The number of nitrogens with zero attached hydrogens (tertiary/aromatic N) is 1. The molecule has 0 N–H and O–H groups in total. The van der Waals surface area contributed by atoms with Crippen molar-refractivity contribution in [1.29, 1.82) is 0 Å². The summed E-state index contributed by atoms with van der Waals surface area (Å²) in [6, 6.07) is 19.2. The van der Waals surface area contributed by atoms with Gasteiger partial charge in [-0.1, -0.05) is 65.1 Å². The number of thioether (sulfide) groups is 1. The summed E-state index contributed by atoms with van der Waals surface area (Å²) < 4.78 is 5.77. The number of carbonyl (C=O) groups excluding carboxylic acids is 2. The minimum atomic E-state index is -0.402. The Kier molecular flexibility index (Phi) is 6.58. The van der Waals surface area contributed by atoms with E-state index >= 15 is 0 Å². The van der Waals surface area contributed by atoms with Gasteiger partial charge in [0.05, 0.1) is 15.6 Å². The Morgan fingerprint density at radius 2 is 1.65 bits per heavy atom. The van der Waals surface area contributed by atoms with Crippen molar-refractivity contribution < 1.29 is 14.3 Å². The molecule has 156 valence electrons. The van der Waals surface area contributed by atoms with Gasteiger partial charge in [0, 0.05) is 15.6 Å². The summed E-state index contributed by atoms with van der Waals surface area (Å²) in [6.45, 7) is 0.298. The number of benzene rings is 3. The molecule has 1 heterocycles. The number of para-hydroxylation sites is 1. The van der Waals surface area contributed by atoms with Gasteiger partial charge in [0.2, 0.25) is 0 Å². The number of hydrogen-bond donors (Lipinski definition) is 0. The molecule has 1 aliphatic rings. The first-order valence-corrected chi connectivity index (χ1v) is 11.1. The fourth-order valence-corrected chi connectivity index (χ4v) is 4.44. The van der Waals surface area contributed by atoms with Crippen LogP contribution in [-0.4, -0.2) is 11.1 Å². The van der Waals surface area contributed by atoms with Crippen LogP contribution < -0.4 is 9.64 Å². The minimum Gasteiger partial charge on any atom is -0.489 e. The molecule has 1 fully saturated rings. The van der Waals surface area contributed by atoms with Gasteiger partial charge in [-0.05, 0) is 59.8 Å². The highest BCUT2D eigenvalue weighted by molar-refractivity contribution is 8.19. The van der Waals surface area contributed by atoms with Crippen molar-refractivity contribution in [3.05, 3.63) is 97.8 Å². The van der Waals surface area contributed by atoms with E-state index in [1.54, 1.807) is 54.6 Å². The van der Waals surface area contributed by atoms with Crippen LogP contribution in [0.2, 0.25) is 15.1 Å². The van der Waals surface area contributed by atoms with E-state index in [1.807, 2.05) is 18.2 Å². The van der Waals surface area contributed by atoms with Crippen LogP contribution in [0.1, 0.15) is 11.1 Å². The lowest BCUT2D eigenvalue weighted by atomic mass is 10.2. The first kappa shape index (κ1) is 21.8. The van der Waals surface area contributed by atoms with Crippen LogP contribution in [0.3, 0.4) is 0 Å². The Bertz CT molecular complexity index is 1190. The Balaban J connectivity index is 1.46. The quantitative estimate of drug-likeness (QED) is 0.348. The molecule has 2 amide bonds. The molecular formula is C23H14Cl3NO3S. The zero-order valence-electron chi connectivity index (χ0n) is 15.8. The van der Waals surface area contributed by atoms with Crippen LogP contribution in [-0.2, 0) is 11.4 Å². The van der Waals surface area contributed by atoms with Crippen LogP contribution in [0.4, 0.5) is 10.5 Å². The van der Waals surface area contributed by atoms with E-state index in [2.05, 4.69) is 0 Å². The number of halogens is 3. The summed E-state index contributed by atoms with van der Waals surface area (Å²) in [5.41, 5.74) is 1.96. The zero-order chi connectivity index (χ0) is 22.0. The normalized spacial score (nSPS) is 15.1. The second kappa shape index (κ2) is 9.37. The second-order valence-corrected chi connectivity index (χ2v) is 8.81. The van der Waals surface area contributed by atoms with Crippen molar-refractivity contribution in [3.63, 3.8) is 0 Å². The predicted molar refractivity (Wildman–Crippen MR) is 127 cm³/mol.